The van der Waals surface area contributed by atoms with Crippen molar-refractivity contribution in [2.24, 2.45) is 0 Å². The first-order chi connectivity index (χ1) is 12.6. The fourth-order valence-electron chi connectivity index (χ4n) is 4.14. The molecule has 1 aliphatic carbocycles. The van der Waals surface area contributed by atoms with Gasteiger partial charge < -0.3 is 20.4 Å². The van der Waals surface area contributed by atoms with Gasteiger partial charge in [0.15, 0.2) is 0 Å². The molecule has 0 amide bonds. The Bertz CT molecular complexity index is 919. The van der Waals surface area contributed by atoms with Crippen LogP contribution in [0.3, 0.4) is 0 Å². The van der Waals surface area contributed by atoms with Gasteiger partial charge in [0.2, 0.25) is 0 Å². The van der Waals surface area contributed by atoms with Crippen LogP contribution in [0.4, 0.5) is 10.1 Å². The molecule has 2 heterocycles. The van der Waals surface area contributed by atoms with E-state index in [4.69, 9.17) is 15.9 Å². The van der Waals surface area contributed by atoms with Gasteiger partial charge in [0.05, 0.1) is 6.04 Å². The maximum atomic E-state index is 13.9. The van der Waals surface area contributed by atoms with Crippen LogP contribution >= 0.6 is 0 Å². The largest absolute Gasteiger partial charge is 0.398 e. The third-order valence-electron chi connectivity index (χ3n) is 5.56. The topological polar surface area (TPSA) is 64.0 Å². The lowest BCUT2D eigenvalue weighted by molar-refractivity contribution is 0.0837. The number of hydrogen-bond donors (Lipinski definition) is 2. The maximum absolute atomic E-state index is 13.9. The van der Waals surface area contributed by atoms with Gasteiger partial charge >= 0.3 is 0 Å². The second kappa shape index (κ2) is 6.72. The van der Waals surface area contributed by atoms with Crippen molar-refractivity contribution in [2.75, 3.05) is 18.9 Å². The van der Waals surface area contributed by atoms with Crippen LogP contribution in [0, 0.1) is 5.41 Å². The van der Waals surface area contributed by atoms with Crippen LogP contribution in [0.25, 0.3) is 10.9 Å². The van der Waals surface area contributed by atoms with E-state index in [1.54, 1.807) is 6.08 Å². The molecule has 1 saturated heterocycles. The summed E-state index contributed by atoms with van der Waals surface area (Å²) in [6.45, 7) is 3.36. The number of anilines is 1. The van der Waals surface area contributed by atoms with Gasteiger partial charge in [0, 0.05) is 53.2 Å². The van der Waals surface area contributed by atoms with Gasteiger partial charge in [-0.3, -0.25) is 0 Å². The second-order valence-corrected chi connectivity index (χ2v) is 7.21. The minimum atomic E-state index is -0.130. The van der Waals surface area contributed by atoms with Crippen LogP contribution in [0.15, 0.2) is 41.8 Å². The lowest BCUT2D eigenvalue weighted by Crippen LogP contribution is -2.19. The van der Waals surface area contributed by atoms with Gasteiger partial charge in [-0.25, -0.2) is 4.39 Å². The highest BCUT2D eigenvalue weighted by Gasteiger charge is 2.26. The fourth-order valence-corrected chi connectivity index (χ4v) is 4.14. The van der Waals surface area contributed by atoms with E-state index < -0.39 is 0 Å². The summed E-state index contributed by atoms with van der Waals surface area (Å²) >= 11 is 0. The number of nitrogens with zero attached hydrogens (tertiary/aromatic N) is 1. The highest BCUT2D eigenvalue weighted by molar-refractivity contribution is 5.95. The predicted octanol–water partition coefficient (Wildman–Crippen LogP) is 4.86. The summed E-state index contributed by atoms with van der Waals surface area (Å²) < 4.78 is 21.7. The molecular formula is C21H24FN3O. The van der Waals surface area contributed by atoms with Crippen LogP contribution < -0.4 is 5.73 Å². The first kappa shape index (κ1) is 17.0. The Hall–Kier alpha value is -2.40. The molecule has 1 atom stereocenters. The predicted molar refractivity (Wildman–Crippen MR) is 104 cm³/mol. The van der Waals surface area contributed by atoms with Gasteiger partial charge in [0.1, 0.15) is 5.83 Å². The molecule has 5 heteroatoms. The molecule has 4 rings (SSSR count). The van der Waals surface area contributed by atoms with Gasteiger partial charge in [-0.15, -0.1) is 0 Å². The van der Waals surface area contributed by atoms with E-state index in [-0.39, 0.29) is 11.9 Å². The van der Waals surface area contributed by atoms with Gasteiger partial charge in [-0.2, -0.15) is 0 Å². The van der Waals surface area contributed by atoms with Crippen LogP contribution in [0.2, 0.25) is 0 Å². The Labute approximate surface area is 152 Å². The van der Waals surface area contributed by atoms with Crippen molar-refractivity contribution < 1.29 is 9.13 Å². The summed E-state index contributed by atoms with van der Waals surface area (Å²) in [4.78, 5) is 0. The molecule has 2 aliphatic rings. The zero-order chi connectivity index (χ0) is 18.3. The Kier molecular flexibility index (Phi) is 4.41. The lowest BCUT2D eigenvalue weighted by atomic mass is 9.95. The van der Waals surface area contributed by atoms with Crippen molar-refractivity contribution in [3.05, 3.63) is 53.0 Å². The van der Waals surface area contributed by atoms with Crippen LogP contribution in [-0.2, 0) is 4.74 Å². The van der Waals surface area contributed by atoms with Crippen molar-refractivity contribution in [1.82, 2.24) is 4.57 Å². The monoisotopic (exact) mass is 353 g/mol. The van der Waals surface area contributed by atoms with Crippen LogP contribution in [-0.4, -0.2) is 24.0 Å². The van der Waals surface area contributed by atoms with Crippen molar-refractivity contribution >= 4 is 22.8 Å². The van der Waals surface area contributed by atoms with Crippen molar-refractivity contribution in [3.8, 4) is 0 Å². The standard InChI is InChI=1S/C21H24FN3O/c1-13-8-17(2-3-18(13)22)25-20(14-4-6-26-7-5-14)10-15-9-19(24)16(12-23)11-21(15)25/h3,8-12,14,17,23H,2,4-7,24H2,1H3. The number of aromatic nitrogens is 1. The van der Waals surface area contributed by atoms with Crippen molar-refractivity contribution in [1.29, 1.82) is 5.41 Å². The second-order valence-electron chi connectivity index (χ2n) is 7.21. The Morgan fingerprint density at radius 3 is 2.73 bits per heavy atom. The number of nitrogens with one attached hydrogen (secondary N) is 1. The minimum absolute atomic E-state index is 0.0760. The summed E-state index contributed by atoms with van der Waals surface area (Å²) in [6.07, 6.45) is 7.59. The molecule has 26 heavy (non-hydrogen) atoms. The highest BCUT2D eigenvalue weighted by Crippen LogP contribution is 2.38. The molecule has 0 saturated carbocycles. The van der Waals surface area contributed by atoms with Crippen molar-refractivity contribution in [3.63, 3.8) is 0 Å². The molecule has 3 N–H and O–H groups in total. The minimum Gasteiger partial charge on any atom is -0.398 e. The number of ether oxygens (including phenoxy) is 1. The average molecular weight is 353 g/mol. The summed E-state index contributed by atoms with van der Waals surface area (Å²) in [5.74, 6) is 0.292. The third kappa shape index (κ3) is 2.86. The van der Waals surface area contributed by atoms with Gasteiger partial charge in [0.25, 0.3) is 0 Å². The zero-order valence-corrected chi connectivity index (χ0v) is 15.0. The average Bonchev–Trinajstić information content (AvgIpc) is 3.02. The molecule has 1 aliphatic heterocycles. The van der Waals surface area contributed by atoms with E-state index in [1.165, 1.54) is 11.9 Å². The third-order valence-corrected chi connectivity index (χ3v) is 5.56. The van der Waals surface area contributed by atoms with Crippen molar-refractivity contribution in [2.45, 2.75) is 38.1 Å². The number of fused-ring (bicyclic) bond motifs is 1. The fraction of sp³-hybridized carbons (Fsp3) is 0.381. The number of benzene rings is 1. The highest BCUT2D eigenvalue weighted by atomic mass is 19.1. The quantitative estimate of drug-likeness (QED) is 0.611. The summed E-state index contributed by atoms with van der Waals surface area (Å²) in [5, 5.41) is 8.71. The van der Waals surface area contributed by atoms with E-state index in [0.717, 1.165) is 37.0 Å². The van der Waals surface area contributed by atoms with E-state index in [1.807, 2.05) is 25.1 Å². The zero-order valence-electron chi connectivity index (χ0n) is 15.0. The van der Waals surface area contributed by atoms with Gasteiger partial charge in [-0.1, -0.05) is 6.08 Å². The Morgan fingerprint density at radius 2 is 2.04 bits per heavy atom. The number of halogens is 1. The molecule has 1 fully saturated rings. The number of allylic oxidation sites excluding steroid dienone is 4. The number of rotatable bonds is 3. The summed E-state index contributed by atoms with van der Waals surface area (Å²) in [5.41, 5.74) is 10.4. The van der Waals surface area contributed by atoms with E-state index in [9.17, 15) is 4.39 Å². The molecule has 0 radical (unpaired) electrons. The summed E-state index contributed by atoms with van der Waals surface area (Å²) in [6, 6.07) is 6.23. The lowest BCUT2D eigenvalue weighted by Gasteiger charge is -2.28. The van der Waals surface area contributed by atoms with Crippen LogP contribution in [0.5, 0.6) is 0 Å². The Balaban J connectivity index is 1.90. The molecule has 1 aromatic carbocycles. The molecule has 0 spiro atoms. The first-order valence-corrected chi connectivity index (χ1v) is 9.15. The molecule has 2 aromatic rings. The molecule has 136 valence electrons. The SMILES string of the molecule is CC1=CC(n2c(C3CCOCC3)cc3cc(N)c(C=N)cc32)CC=C1F. The molecule has 1 unspecified atom stereocenters. The molecule has 0 bridgehead atoms. The van der Waals surface area contributed by atoms with E-state index in [0.29, 0.717) is 29.2 Å². The first-order valence-electron chi connectivity index (χ1n) is 9.15. The van der Waals surface area contributed by atoms with Gasteiger partial charge in [-0.05, 0) is 56.0 Å². The molecule has 4 nitrogen and oxygen atoms in total. The smallest absolute Gasteiger partial charge is 0.121 e. The number of hydrogen-bond acceptors (Lipinski definition) is 3. The maximum Gasteiger partial charge on any atom is 0.121 e. The molecule has 1 aromatic heterocycles. The van der Waals surface area contributed by atoms with E-state index in [2.05, 4.69) is 10.6 Å². The number of nitrogens with two attached hydrogens (primary N) is 1. The Morgan fingerprint density at radius 1 is 1.27 bits per heavy atom. The number of nitrogen functional groups attached to an aromatic ring is 1. The van der Waals surface area contributed by atoms with E-state index >= 15 is 0 Å². The molecular weight excluding hydrogens is 329 g/mol. The summed E-state index contributed by atoms with van der Waals surface area (Å²) in [7, 11) is 0. The van der Waals surface area contributed by atoms with Crippen LogP contribution in [0.1, 0.15) is 49.4 Å². The normalized spacial score (nSPS) is 21.5.